The predicted molar refractivity (Wildman–Crippen MR) is 78.7 cm³/mol. The molecule has 1 N–H and O–H groups in total. The van der Waals surface area contributed by atoms with Crippen LogP contribution < -0.4 is 5.32 Å². The van der Waals surface area contributed by atoms with Gasteiger partial charge in [0.05, 0.1) is 0 Å². The van der Waals surface area contributed by atoms with Crippen LogP contribution in [0, 0.1) is 5.41 Å². The lowest BCUT2D eigenvalue weighted by molar-refractivity contribution is -0.124. The molecule has 0 aliphatic heterocycles. The summed E-state index contributed by atoms with van der Waals surface area (Å²) in [6.45, 7) is 4.19. The van der Waals surface area contributed by atoms with Gasteiger partial charge in [-0.1, -0.05) is 42.6 Å². The van der Waals surface area contributed by atoms with Crippen molar-refractivity contribution in [3.63, 3.8) is 0 Å². The van der Waals surface area contributed by atoms with E-state index in [-0.39, 0.29) is 11.3 Å². The lowest BCUT2D eigenvalue weighted by Crippen LogP contribution is -2.31. The fraction of sp³-hybridized carbons (Fsp3) is 0.533. The normalized spacial score (nSPS) is 17.7. The molecule has 1 aliphatic carbocycles. The minimum Gasteiger partial charge on any atom is -0.325 e. The Balaban J connectivity index is 2.16. The van der Waals surface area contributed by atoms with Crippen molar-refractivity contribution >= 4 is 27.5 Å². The maximum atomic E-state index is 12.4. The van der Waals surface area contributed by atoms with Crippen LogP contribution in [0.2, 0.25) is 0 Å². The van der Waals surface area contributed by atoms with Crippen molar-refractivity contribution in [1.29, 1.82) is 0 Å². The van der Waals surface area contributed by atoms with E-state index in [1.807, 2.05) is 12.1 Å². The van der Waals surface area contributed by atoms with Gasteiger partial charge in [-0.15, -0.1) is 0 Å². The molecule has 2 rings (SSSR count). The molecule has 18 heavy (non-hydrogen) atoms. The molecule has 1 saturated carbocycles. The number of carbonyl (C=O) groups excluding carboxylic acids is 1. The van der Waals surface area contributed by atoms with Crippen LogP contribution in [0.4, 0.5) is 5.69 Å². The van der Waals surface area contributed by atoms with Crippen molar-refractivity contribution in [3.8, 4) is 0 Å². The maximum absolute atomic E-state index is 12.4. The van der Waals surface area contributed by atoms with Crippen molar-refractivity contribution in [1.82, 2.24) is 0 Å². The summed E-state index contributed by atoms with van der Waals surface area (Å²) in [5.74, 6) is 0.178. The van der Waals surface area contributed by atoms with Gasteiger partial charge < -0.3 is 5.32 Å². The highest BCUT2D eigenvalue weighted by Crippen LogP contribution is 2.38. The number of carbonyl (C=O) groups is 1. The van der Waals surface area contributed by atoms with E-state index in [1.54, 1.807) is 0 Å². The van der Waals surface area contributed by atoms with E-state index >= 15 is 0 Å². The molecule has 1 amide bonds. The largest absolute Gasteiger partial charge is 0.325 e. The first-order valence-corrected chi connectivity index (χ1v) is 7.44. The standard InChI is InChI=1S/C15H20BrNO/c1-3-11-10-12(16)6-7-13(11)17-14(18)15(2)8-4-5-9-15/h6-7,10H,3-5,8-9H2,1-2H3,(H,17,18). The van der Waals surface area contributed by atoms with Crippen LogP contribution >= 0.6 is 15.9 Å². The first-order chi connectivity index (χ1) is 8.55. The lowest BCUT2D eigenvalue weighted by atomic mass is 9.87. The highest BCUT2D eigenvalue weighted by Gasteiger charge is 2.36. The SMILES string of the molecule is CCc1cc(Br)ccc1NC(=O)C1(C)CCCC1. The van der Waals surface area contributed by atoms with Crippen LogP contribution in [0.15, 0.2) is 22.7 Å². The predicted octanol–water partition coefficient (Wildman–Crippen LogP) is 4.53. The Morgan fingerprint density at radius 1 is 1.39 bits per heavy atom. The minimum atomic E-state index is -0.169. The highest BCUT2D eigenvalue weighted by molar-refractivity contribution is 9.10. The molecule has 1 aromatic carbocycles. The summed E-state index contributed by atoms with van der Waals surface area (Å²) in [7, 11) is 0. The van der Waals surface area contributed by atoms with Gasteiger partial charge in [-0.3, -0.25) is 4.79 Å². The van der Waals surface area contributed by atoms with Gasteiger partial charge in [-0.2, -0.15) is 0 Å². The molecule has 0 heterocycles. The summed E-state index contributed by atoms with van der Waals surface area (Å²) in [5, 5.41) is 3.11. The monoisotopic (exact) mass is 309 g/mol. The van der Waals surface area contributed by atoms with Gasteiger partial charge in [-0.25, -0.2) is 0 Å². The van der Waals surface area contributed by atoms with Gasteiger partial charge >= 0.3 is 0 Å². The fourth-order valence-electron chi connectivity index (χ4n) is 2.63. The fourth-order valence-corrected chi connectivity index (χ4v) is 3.04. The Morgan fingerprint density at radius 3 is 2.67 bits per heavy atom. The Kier molecular flexibility index (Phi) is 4.10. The molecule has 0 spiro atoms. The Hall–Kier alpha value is -0.830. The Morgan fingerprint density at radius 2 is 2.06 bits per heavy atom. The van der Waals surface area contributed by atoms with E-state index in [9.17, 15) is 4.79 Å². The number of anilines is 1. The van der Waals surface area contributed by atoms with E-state index in [0.717, 1.165) is 29.4 Å². The average Bonchev–Trinajstić information content (AvgIpc) is 2.79. The number of amides is 1. The van der Waals surface area contributed by atoms with Gasteiger partial charge in [0.25, 0.3) is 0 Å². The van der Waals surface area contributed by atoms with E-state index in [4.69, 9.17) is 0 Å². The molecule has 0 aromatic heterocycles. The van der Waals surface area contributed by atoms with Gasteiger partial charge in [0, 0.05) is 15.6 Å². The molecular formula is C15H20BrNO. The molecule has 1 aromatic rings. The molecule has 1 fully saturated rings. The summed E-state index contributed by atoms with van der Waals surface area (Å²) in [4.78, 5) is 12.4. The Labute approximate surface area is 117 Å². The van der Waals surface area contributed by atoms with E-state index < -0.39 is 0 Å². The topological polar surface area (TPSA) is 29.1 Å². The van der Waals surface area contributed by atoms with Crippen molar-refractivity contribution in [2.45, 2.75) is 46.0 Å². The van der Waals surface area contributed by atoms with Gasteiger partial charge in [0.1, 0.15) is 0 Å². The second-order valence-corrected chi connectivity index (χ2v) is 6.29. The first kappa shape index (κ1) is 13.6. The third-order valence-electron chi connectivity index (χ3n) is 3.95. The Bertz CT molecular complexity index is 450. The number of hydrogen-bond acceptors (Lipinski definition) is 1. The maximum Gasteiger partial charge on any atom is 0.230 e. The summed E-state index contributed by atoms with van der Waals surface area (Å²) in [6, 6.07) is 6.04. The second kappa shape index (κ2) is 5.43. The molecular weight excluding hydrogens is 290 g/mol. The quantitative estimate of drug-likeness (QED) is 0.873. The molecule has 0 unspecified atom stereocenters. The smallest absolute Gasteiger partial charge is 0.230 e. The van der Waals surface area contributed by atoms with Crippen LogP contribution in [-0.2, 0) is 11.2 Å². The molecule has 0 radical (unpaired) electrons. The zero-order valence-electron chi connectivity index (χ0n) is 11.1. The highest BCUT2D eigenvalue weighted by atomic mass is 79.9. The number of rotatable bonds is 3. The minimum absolute atomic E-state index is 0.169. The molecule has 0 saturated heterocycles. The molecule has 0 bridgehead atoms. The van der Waals surface area contributed by atoms with E-state index in [0.29, 0.717) is 0 Å². The average molecular weight is 310 g/mol. The van der Waals surface area contributed by atoms with Crippen LogP contribution in [0.1, 0.15) is 45.1 Å². The second-order valence-electron chi connectivity index (χ2n) is 5.38. The van der Waals surface area contributed by atoms with Crippen molar-refractivity contribution in [2.24, 2.45) is 5.41 Å². The van der Waals surface area contributed by atoms with Crippen LogP contribution in [-0.4, -0.2) is 5.91 Å². The first-order valence-electron chi connectivity index (χ1n) is 6.65. The van der Waals surface area contributed by atoms with E-state index in [1.165, 1.54) is 18.4 Å². The molecule has 3 heteroatoms. The van der Waals surface area contributed by atoms with Crippen LogP contribution in [0.25, 0.3) is 0 Å². The van der Waals surface area contributed by atoms with Crippen LogP contribution in [0.5, 0.6) is 0 Å². The van der Waals surface area contributed by atoms with Crippen molar-refractivity contribution < 1.29 is 4.79 Å². The lowest BCUT2D eigenvalue weighted by Gasteiger charge is -2.23. The molecule has 1 aliphatic rings. The molecule has 0 atom stereocenters. The summed E-state index contributed by atoms with van der Waals surface area (Å²) < 4.78 is 1.06. The third-order valence-corrected chi connectivity index (χ3v) is 4.44. The summed E-state index contributed by atoms with van der Waals surface area (Å²) in [6.07, 6.45) is 5.29. The number of halogens is 1. The third kappa shape index (κ3) is 2.77. The van der Waals surface area contributed by atoms with Gasteiger partial charge in [0.15, 0.2) is 0 Å². The number of hydrogen-bond donors (Lipinski definition) is 1. The van der Waals surface area contributed by atoms with Gasteiger partial charge in [0.2, 0.25) is 5.91 Å². The van der Waals surface area contributed by atoms with Crippen molar-refractivity contribution in [2.75, 3.05) is 5.32 Å². The van der Waals surface area contributed by atoms with E-state index in [2.05, 4.69) is 41.2 Å². The summed E-state index contributed by atoms with van der Waals surface area (Å²) >= 11 is 3.47. The number of benzene rings is 1. The number of aryl methyl sites for hydroxylation is 1. The van der Waals surface area contributed by atoms with Crippen molar-refractivity contribution in [3.05, 3.63) is 28.2 Å². The number of nitrogens with one attached hydrogen (secondary N) is 1. The van der Waals surface area contributed by atoms with Crippen LogP contribution in [0.3, 0.4) is 0 Å². The zero-order valence-corrected chi connectivity index (χ0v) is 12.6. The molecule has 2 nitrogen and oxygen atoms in total. The zero-order chi connectivity index (χ0) is 13.2. The van der Waals surface area contributed by atoms with Gasteiger partial charge in [-0.05, 0) is 43.0 Å². The molecule has 98 valence electrons. The summed E-state index contributed by atoms with van der Waals surface area (Å²) in [5.41, 5.74) is 1.97.